The number of hydrogen-bond acceptors (Lipinski definition) is 1. The van der Waals surface area contributed by atoms with Crippen molar-refractivity contribution in [1.29, 1.82) is 0 Å². The van der Waals surface area contributed by atoms with E-state index in [4.69, 9.17) is 0 Å². The minimum atomic E-state index is -1.10. The van der Waals surface area contributed by atoms with E-state index in [-0.39, 0.29) is 0 Å². The third-order valence-corrected chi connectivity index (χ3v) is 5.23. The fourth-order valence-electron chi connectivity index (χ4n) is 2.38. The highest BCUT2D eigenvalue weighted by Crippen LogP contribution is 2.25. The van der Waals surface area contributed by atoms with Gasteiger partial charge in [-0.2, -0.15) is 0 Å². The lowest BCUT2D eigenvalue weighted by Gasteiger charge is -2.02. The maximum Gasteiger partial charge on any atom is 0.339 e. The molecule has 20 heavy (non-hydrogen) atoms. The first kappa shape index (κ1) is 14.9. The van der Waals surface area contributed by atoms with Crippen molar-refractivity contribution in [2.45, 2.75) is 26.7 Å². The Morgan fingerprint density at radius 3 is 1.55 bits per heavy atom. The van der Waals surface area contributed by atoms with Crippen LogP contribution in [0.1, 0.15) is 22.3 Å². The number of hydrogen-bond donors (Lipinski definition) is 0. The fraction of sp³-hybridized carbons (Fsp3) is 0.333. The molecule has 0 atom stereocenters. The van der Waals surface area contributed by atoms with Crippen LogP contribution >= 0.6 is 7.80 Å². The molecule has 0 fully saturated rings. The summed E-state index contributed by atoms with van der Waals surface area (Å²) in [7, 11) is -1.10. The van der Waals surface area contributed by atoms with Crippen molar-refractivity contribution in [3.63, 3.8) is 0 Å². The Bertz CT molecular complexity index is 538. The van der Waals surface area contributed by atoms with Gasteiger partial charge in [0.2, 0.25) is 0 Å². The van der Waals surface area contributed by atoms with Gasteiger partial charge in [0.05, 0.1) is 0 Å². The van der Waals surface area contributed by atoms with E-state index < -0.39 is 7.80 Å². The molecule has 0 amide bonds. The molecule has 0 unspecified atom stereocenters. The van der Waals surface area contributed by atoms with Crippen LogP contribution in [0.3, 0.4) is 0 Å². The van der Waals surface area contributed by atoms with E-state index in [2.05, 4.69) is 62.4 Å². The molecule has 0 saturated heterocycles. The van der Waals surface area contributed by atoms with Crippen LogP contribution in [0.2, 0.25) is 0 Å². The first-order chi connectivity index (χ1) is 9.66. The van der Waals surface area contributed by atoms with Gasteiger partial charge in [-0.3, -0.25) is 0 Å². The molecule has 2 aromatic rings. The van der Waals surface area contributed by atoms with Crippen molar-refractivity contribution < 1.29 is 4.57 Å². The molecule has 0 aliphatic carbocycles. The van der Waals surface area contributed by atoms with E-state index in [1.165, 1.54) is 22.3 Å². The van der Waals surface area contributed by atoms with Crippen LogP contribution in [0.25, 0.3) is 0 Å². The van der Waals surface area contributed by atoms with Gasteiger partial charge >= 0.3 is 7.80 Å². The maximum atomic E-state index is 12.2. The molecule has 0 bridgehead atoms. The zero-order chi connectivity index (χ0) is 14.4. The van der Waals surface area contributed by atoms with E-state index in [1.807, 2.05) is 0 Å². The molecule has 1 nitrogen and oxygen atoms in total. The Kier molecular flexibility index (Phi) is 5.49. The Balaban J connectivity index is 1.82. The first-order valence-corrected chi connectivity index (χ1v) is 8.81. The van der Waals surface area contributed by atoms with Gasteiger partial charge in [0.25, 0.3) is 0 Å². The minimum absolute atomic E-state index is 0.798. The zero-order valence-corrected chi connectivity index (χ0v) is 13.2. The summed E-state index contributed by atoms with van der Waals surface area (Å²) in [5.74, 6) is 0. The normalized spacial score (nSPS) is 10.5. The summed E-state index contributed by atoms with van der Waals surface area (Å²) in [6.07, 6.45) is 3.45. The number of benzene rings is 2. The molecule has 2 aromatic carbocycles. The highest BCUT2D eigenvalue weighted by atomic mass is 31.1. The lowest BCUT2D eigenvalue weighted by molar-refractivity contribution is 0.587. The average Bonchev–Trinajstić information content (AvgIpc) is 2.45. The molecule has 0 saturated carbocycles. The summed E-state index contributed by atoms with van der Waals surface area (Å²) >= 11 is 0. The summed E-state index contributed by atoms with van der Waals surface area (Å²) in [6.45, 7) is 4.24. The van der Waals surface area contributed by atoms with Crippen molar-refractivity contribution >= 4 is 7.80 Å². The van der Waals surface area contributed by atoms with Gasteiger partial charge in [-0.15, -0.1) is 0 Å². The predicted octanol–water partition coefficient (Wildman–Crippen LogP) is 4.92. The van der Waals surface area contributed by atoms with Crippen molar-refractivity contribution in [1.82, 2.24) is 0 Å². The second kappa shape index (κ2) is 7.36. The van der Waals surface area contributed by atoms with Gasteiger partial charge in [-0.1, -0.05) is 53.1 Å². The molecule has 0 aliphatic heterocycles. The topological polar surface area (TPSA) is 17.1 Å². The molecule has 0 spiro atoms. The monoisotopic (exact) mass is 285 g/mol. The Morgan fingerprint density at radius 1 is 0.750 bits per heavy atom. The quantitative estimate of drug-likeness (QED) is 0.689. The summed E-state index contributed by atoms with van der Waals surface area (Å²) in [5.41, 5.74) is 5.25. The highest BCUT2D eigenvalue weighted by Gasteiger charge is 2.16. The molecule has 0 aliphatic rings. The van der Waals surface area contributed by atoms with Crippen LogP contribution in [0.4, 0.5) is 0 Å². The summed E-state index contributed by atoms with van der Waals surface area (Å²) < 4.78 is 12.2. The van der Waals surface area contributed by atoms with E-state index in [9.17, 15) is 4.57 Å². The fourth-order valence-corrected chi connectivity index (χ4v) is 3.59. The zero-order valence-electron chi connectivity index (χ0n) is 12.3. The lowest BCUT2D eigenvalue weighted by Crippen LogP contribution is -1.96. The van der Waals surface area contributed by atoms with Gasteiger partial charge in [-0.05, 0) is 36.1 Å². The largest absolute Gasteiger partial charge is 0.339 e. The molecule has 0 heterocycles. The molecule has 104 valence electrons. The standard InChI is InChI=1S/C18H22OP/c1-15-7-3-5-9-17(15)11-13-20(19)14-12-18-10-6-4-8-16(18)2/h3-10H,11-14H2,1-2H3/q+1. The van der Waals surface area contributed by atoms with E-state index >= 15 is 0 Å². The van der Waals surface area contributed by atoms with Gasteiger partial charge in [0.15, 0.2) is 0 Å². The molecule has 2 heteroatoms. The molecule has 0 aromatic heterocycles. The van der Waals surface area contributed by atoms with Crippen LogP contribution in [-0.4, -0.2) is 12.3 Å². The van der Waals surface area contributed by atoms with Crippen molar-refractivity contribution in [3.05, 3.63) is 70.8 Å². The maximum absolute atomic E-state index is 12.2. The van der Waals surface area contributed by atoms with Crippen LogP contribution in [0.5, 0.6) is 0 Å². The Labute approximate surface area is 122 Å². The van der Waals surface area contributed by atoms with Crippen LogP contribution in [0, 0.1) is 13.8 Å². The number of rotatable bonds is 6. The lowest BCUT2D eigenvalue weighted by atomic mass is 10.1. The van der Waals surface area contributed by atoms with E-state index in [0.717, 1.165) is 25.2 Å². The summed E-state index contributed by atoms with van der Waals surface area (Å²) in [4.78, 5) is 0. The van der Waals surface area contributed by atoms with E-state index in [0.29, 0.717) is 0 Å². The molecular weight excluding hydrogens is 263 g/mol. The van der Waals surface area contributed by atoms with Crippen LogP contribution in [-0.2, 0) is 17.4 Å². The second-order valence-corrected chi connectivity index (χ2v) is 7.14. The molecular formula is C18H22OP+. The predicted molar refractivity (Wildman–Crippen MR) is 87.1 cm³/mol. The van der Waals surface area contributed by atoms with Crippen LogP contribution < -0.4 is 0 Å². The minimum Gasteiger partial charge on any atom is -0.0748 e. The van der Waals surface area contributed by atoms with Crippen LogP contribution in [0.15, 0.2) is 48.5 Å². The van der Waals surface area contributed by atoms with Gasteiger partial charge in [-0.25, -0.2) is 0 Å². The first-order valence-electron chi connectivity index (χ1n) is 7.18. The van der Waals surface area contributed by atoms with Crippen molar-refractivity contribution in [2.24, 2.45) is 0 Å². The van der Waals surface area contributed by atoms with Gasteiger partial charge in [0, 0.05) is 12.8 Å². The molecule has 0 radical (unpaired) electrons. The van der Waals surface area contributed by atoms with Gasteiger partial charge < -0.3 is 0 Å². The van der Waals surface area contributed by atoms with Crippen molar-refractivity contribution in [3.8, 4) is 0 Å². The average molecular weight is 285 g/mol. The summed E-state index contributed by atoms with van der Waals surface area (Å²) in [5, 5.41) is 0. The molecule has 0 N–H and O–H groups in total. The third kappa shape index (κ3) is 4.28. The smallest absolute Gasteiger partial charge is 0.0748 e. The van der Waals surface area contributed by atoms with Crippen molar-refractivity contribution in [2.75, 3.05) is 12.3 Å². The molecule has 2 rings (SSSR count). The Hall–Kier alpha value is -1.46. The summed E-state index contributed by atoms with van der Waals surface area (Å²) in [6, 6.07) is 16.7. The highest BCUT2D eigenvalue weighted by molar-refractivity contribution is 7.44. The van der Waals surface area contributed by atoms with Gasteiger partial charge in [0.1, 0.15) is 12.3 Å². The number of aryl methyl sites for hydroxylation is 4. The second-order valence-electron chi connectivity index (χ2n) is 5.28. The Morgan fingerprint density at radius 2 is 1.15 bits per heavy atom. The van der Waals surface area contributed by atoms with E-state index in [1.54, 1.807) is 0 Å². The SMILES string of the molecule is Cc1ccccc1CC[P+](=O)CCc1ccccc1C. The third-order valence-electron chi connectivity index (χ3n) is 3.78.